The van der Waals surface area contributed by atoms with Crippen molar-refractivity contribution in [3.05, 3.63) is 11.1 Å². The SMILES string of the molecule is CCCCCCCCCCCCCCCCCCCC=CBr. The van der Waals surface area contributed by atoms with Crippen molar-refractivity contribution in [2.24, 2.45) is 0 Å². The molecule has 0 aromatic carbocycles. The maximum Gasteiger partial charge on any atom is -0.0229 e. The molecule has 22 heavy (non-hydrogen) atoms. The third-order valence-electron chi connectivity index (χ3n) is 4.56. The zero-order valence-electron chi connectivity index (χ0n) is 15.3. The Bertz CT molecular complexity index is 210. The van der Waals surface area contributed by atoms with E-state index in [1.807, 2.05) is 4.99 Å². The van der Waals surface area contributed by atoms with Crippen molar-refractivity contribution in [2.45, 2.75) is 122 Å². The van der Waals surface area contributed by atoms with Gasteiger partial charge in [0.1, 0.15) is 0 Å². The van der Waals surface area contributed by atoms with Crippen LogP contribution in [0.25, 0.3) is 0 Å². The fraction of sp³-hybridized carbons (Fsp3) is 0.905. The minimum atomic E-state index is 1.24. The Morgan fingerprint density at radius 1 is 0.500 bits per heavy atom. The highest BCUT2D eigenvalue weighted by Crippen LogP contribution is 2.14. The molecule has 1 heteroatoms. The van der Waals surface area contributed by atoms with E-state index >= 15 is 0 Å². The first-order chi connectivity index (χ1) is 10.9. The van der Waals surface area contributed by atoms with Crippen molar-refractivity contribution >= 4 is 15.9 Å². The summed E-state index contributed by atoms with van der Waals surface area (Å²) < 4.78 is 0. The maximum absolute atomic E-state index is 3.32. The Morgan fingerprint density at radius 2 is 0.818 bits per heavy atom. The molecule has 0 bridgehead atoms. The van der Waals surface area contributed by atoms with Crippen LogP contribution in [0.1, 0.15) is 122 Å². The van der Waals surface area contributed by atoms with Gasteiger partial charge in [-0.3, -0.25) is 0 Å². The highest BCUT2D eigenvalue weighted by atomic mass is 79.9. The standard InChI is InChI=1S/C21H41Br/c1-2-3-4-5-6-7-8-9-10-11-12-13-14-15-16-17-18-19-20-21-22/h20-21H,2-19H2,1H3. The zero-order chi connectivity index (χ0) is 16.1. The van der Waals surface area contributed by atoms with Gasteiger partial charge >= 0.3 is 0 Å². The van der Waals surface area contributed by atoms with E-state index in [4.69, 9.17) is 0 Å². The maximum atomic E-state index is 3.32. The van der Waals surface area contributed by atoms with Crippen LogP contribution in [0.2, 0.25) is 0 Å². The van der Waals surface area contributed by atoms with E-state index in [1.165, 1.54) is 116 Å². The number of hydrogen-bond donors (Lipinski definition) is 0. The van der Waals surface area contributed by atoms with Crippen LogP contribution in [0, 0.1) is 0 Å². The van der Waals surface area contributed by atoms with Gasteiger partial charge < -0.3 is 0 Å². The van der Waals surface area contributed by atoms with E-state index in [2.05, 4.69) is 28.9 Å². The fourth-order valence-corrected chi connectivity index (χ4v) is 3.31. The highest BCUT2D eigenvalue weighted by molar-refractivity contribution is 9.11. The molecule has 0 aliphatic heterocycles. The van der Waals surface area contributed by atoms with Crippen LogP contribution in [0.4, 0.5) is 0 Å². The first kappa shape index (κ1) is 22.2. The van der Waals surface area contributed by atoms with Crippen molar-refractivity contribution in [3.8, 4) is 0 Å². The molecule has 0 aromatic heterocycles. The van der Waals surface area contributed by atoms with Crippen LogP contribution in [-0.2, 0) is 0 Å². The molecule has 0 N–H and O–H groups in total. The quantitative estimate of drug-likeness (QED) is 0.210. The Kier molecular flexibility index (Phi) is 21.4. The summed E-state index contributed by atoms with van der Waals surface area (Å²) in [4.78, 5) is 1.99. The lowest BCUT2D eigenvalue weighted by Gasteiger charge is -2.03. The van der Waals surface area contributed by atoms with E-state index in [0.29, 0.717) is 0 Å². The van der Waals surface area contributed by atoms with Crippen molar-refractivity contribution in [1.29, 1.82) is 0 Å². The summed E-state index contributed by atoms with van der Waals surface area (Å²) in [5.41, 5.74) is 0. The highest BCUT2D eigenvalue weighted by Gasteiger charge is 1.94. The lowest BCUT2D eigenvalue weighted by atomic mass is 10.0. The summed E-state index contributed by atoms with van der Waals surface area (Å²) in [7, 11) is 0. The monoisotopic (exact) mass is 372 g/mol. The van der Waals surface area contributed by atoms with Crippen molar-refractivity contribution < 1.29 is 0 Å². The predicted octanol–water partition coefficient (Wildman–Crippen LogP) is 8.94. The number of halogens is 1. The minimum Gasteiger partial charge on any atom is -0.0776 e. The summed E-state index contributed by atoms with van der Waals surface area (Å²) in [6.45, 7) is 2.30. The molecule has 0 rings (SSSR count). The summed E-state index contributed by atoms with van der Waals surface area (Å²) in [6, 6.07) is 0. The third-order valence-corrected chi connectivity index (χ3v) is 4.94. The van der Waals surface area contributed by atoms with Gasteiger partial charge in [0.25, 0.3) is 0 Å². The topological polar surface area (TPSA) is 0 Å². The van der Waals surface area contributed by atoms with Crippen LogP contribution < -0.4 is 0 Å². The van der Waals surface area contributed by atoms with Crippen molar-refractivity contribution in [3.63, 3.8) is 0 Å². The zero-order valence-corrected chi connectivity index (χ0v) is 16.8. The fourth-order valence-electron chi connectivity index (χ4n) is 3.05. The van der Waals surface area contributed by atoms with Gasteiger partial charge in [0.15, 0.2) is 0 Å². The van der Waals surface area contributed by atoms with Crippen molar-refractivity contribution in [1.82, 2.24) is 0 Å². The van der Waals surface area contributed by atoms with Gasteiger partial charge in [0, 0.05) is 0 Å². The lowest BCUT2D eigenvalue weighted by molar-refractivity contribution is 0.527. The molecule has 0 aliphatic carbocycles. The molecule has 0 atom stereocenters. The van der Waals surface area contributed by atoms with Crippen LogP contribution in [-0.4, -0.2) is 0 Å². The minimum absolute atomic E-state index is 1.24. The molecule has 0 fully saturated rings. The molecule has 0 nitrogen and oxygen atoms in total. The third kappa shape index (κ3) is 20.2. The first-order valence-corrected chi connectivity index (χ1v) is 11.1. The first-order valence-electron chi connectivity index (χ1n) is 10.2. The normalized spacial score (nSPS) is 11.5. The van der Waals surface area contributed by atoms with Gasteiger partial charge in [-0.15, -0.1) is 0 Å². The van der Waals surface area contributed by atoms with Gasteiger partial charge in [-0.2, -0.15) is 0 Å². The Hall–Kier alpha value is 0.220. The smallest absolute Gasteiger partial charge is 0.0229 e. The summed E-state index contributed by atoms with van der Waals surface area (Å²) >= 11 is 3.32. The summed E-state index contributed by atoms with van der Waals surface area (Å²) in [5, 5.41) is 0. The molecule has 0 aromatic rings. The molecule has 0 saturated carbocycles. The van der Waals surface area contributed by atoms with Gasteiger partial charge in [0.2, 0.25) is 0 Å². The predicted molar refractivity (Wildman–Crippen MR) is 107 cm³/mol. The molecule has 0 radical (unpaired) electrons. The molecule has 0 aliphatic rings. The average Bonchev–Trinajstić information content (AvgIpc) is 2.54. The lowest BCUT2D eigenvalue weighted by Crippen LogP contribution is -1.83. The molecular formula is C21H41Br. The van der Waals surface area contributed by atoms with E-state index in [-0.39, 0.29) is 0 Å². The molecule has 0 saturated heterocycles. The van der Waals surface area contributed by atoms with Gasteiger partial charge in [-0.25, -0.2) is 0 Å². The summed E-state index contributed by atoms with van der Waals surface area (Å²) in [5.74, 6) is 0. The molecule has 0 unspecified atom stereocenters. The van der Waals surface area contributed by atoms with Crippen LogP contribution >= 0.6 is 15.9 Å². The van der Waals surface area contributed by atoms with Crippen LogP contribution in [0.3, 0.4) is 0 Å². The van der Waals surface area contributed by atoms with Crippen LogP contribution in [0.5, 0.6) is 0 Å². The number of hydrogen-bond acceptors (Lipinski definition) is 0. The molecule has 0 amide bonds. The van der Waals surface area contributed by atoms with Gasteiger partial charge in [-0.05, 0) is 17.8 Å². The van der Waals surface area contributed by atoms with Crippen LogP contribution in [0.15, 0.2) is 11.1 Å². The van der Waals surface area contributed by atoms with Gasteiger partial charge in [0.05, 0.1) is 0 Å². The average molecular weight is 373 g/mol. The molecule has 132 valence electrons. The second-order valence-corrected chi connectivity index (χ2v) is 7.34. The largest absolute Gasteiger partial charge is 0.0776 e. The number of rotatable bonds is 18. The molecule has 0 spiro atoms. The van der Waals surface area contributed by atoms with Crippen molar-refractivity contribution in [2.75, 3.05) is 0 Å². The number of allylic oxidation sites excluding steroid dienone is 1. The van der Waals surface area contributed by atoms with E-state index in [1.54, 1.807) is 0 Å². The molecular weight excluding hydrogens is 332 g/mol. The second kappa shape index (κ2) is 21.2. The van der Waals surface area contributed by atoms with E-state index < -0.39 is 0 Å². The number of unbranched alkanes of at least 4 members (excludes halogenated alkanes) is 17. The second-order valence-electron chi connectivity index (χ2n) is 6.81. The summed E-state index contributed by atoms with van der Waals surface area (Å²) in [6.07, 6.45) is 28.2. The Balaban J connectivity index is 2.94. The Labute approximate surface area is 149 Å². The van der Waals surface area contributed by atoms with E-state index in [9.17, 15) is 0 Å². The Morgan fingerprint density at radius 3 is 1.14 bits per heavy atom. The van der Waals surface area contributed by atoms with E-state index in [0.717, 1.165) is 0 Å². The molecule has 0 heterocycles. The van der Waals surface area contributed by atoms with Gasteiger partial charge in [-0.1, -0.05) is 132 Å².